The van der Waals surface area contributed by atoms with Crippen LogP contribution in [0.25, 0.3) is 0 Å². The fraction of sp³-hybridized carbons (Fsp3) is 0.476. The van der Waals surface area contributed by atoms with Crippen molar-refractivity contribution in [3.8, 4) is 0 Å². The van der Waals surface area contributed by atoms with Crippen LogP contribution in [0.4, 0.5) is 11.4 Å². The molecule has 2 N–H and O–H groups in total. The minimum Gasteiger partial charge on any atom is -0.481 e. The Bertz CT molecular complexity index is 976. The van der Waals surface area contributed by atoms with E-state index in [1.807, 2.05) is 30.3 Å². The lowest BCUT2D eigenvalue weighted by molar-refractivity contribution is -0.168. The number of carboxylic acid groups (broad SMARTS) is 1. The van der Waals surface area contributed by atoms with E-state index in [1.165, 1.54) is 4.68 Å². The Balaban J connectivity index is 1.58. The number of aliphatic carboxylic acids is 1. The van der Waals surface area contributed by atoms with Crippen LogP contribution in [0.5, 0.6) is 0 Å². The van der Waals surface area contributed by atoms with Crippen LogP contribution in [0.1, 0.15) is 32.1 Å². The second kappa shape index (κ2) is 6.34. The van der Waals surface area contributed by atoms with Crippen molar-refractivity contribution in [2.45, 2.75) is 37.6 Å². The highest BCUT2D eigenvalue weighted by atomic mass is 35.5. The molecule has 2 unspecified atom stereocenters. The van der Waals surface area contributed by atoms with Crippen LogP contribution in [0, 0.1) is 23.7 Å². The summed E-state index contributed by atoms with van der Waals surface area (Å²) in [6.45, 7) is 0. The molecular formula is C21H22ClN3O3. The van der Waals surface area contributed by atoms with E-state index in [9.17, 15) is 14.7 Å². The van der Waals surface area contributed by atoms with Gasteiger partial charge < -0.3 is 10.4 Å². The molecule has 7 heteroatoms. The molecule has 28 heavy (non-hydrogen) atoms. The maximum absolute atomic E-state index is 13.2. The highest BCUT2D eigenvalue weighted by Crippen LogP contribution is 2.61. The number of halogens is 1. The molecule has 1 aromatic heterocycles. The Kier molecular flexibility index (Phi) is 4.02. The molecule has 2 aromatic rings. The molecule has 6 nitrogen and oxygen atoms in total. The van der Waals surface area contributed by atoms with Gasteiger partial charge in [0.2, 0.25) is 0 Å². The third kappa shape index (κ3) is 2.58. The maximum atomic E-state index is 13.2. The summed E-state index contributed by atoms with van der Waals surface area (Å²) in [5.74, 6) is -0.321. The molecule has 4 aliphatic rings. The lowest BCUT2D eigenvalue weighted by Gasteiger charge is -2.59. The van der Waals surface area contributed by atoms with Gasteiger partial charge in [0.25, 0.3) is 5.56 Å². The van der Waals surface area contributed by atoms with Gasteiger partial charge in [0.15, 0.2) is 0 Å². The molecule has 0 saturated heterocycles. The average molecular weight is 400 g/mol. The number of carboxylic acids is 1. The summed E-state index contributed by atoms with van der Waals surface area (Å²) >= 11 is 6.43. The van der Waals surface area contributed by atoms with Crippen LogP contribution in [0.2, 0.25) is 5.02 Å². The minimum absolute atomic E-state index is 0.0544. The first-order valence-corrected chi connectivity index (χ1v) is 10.2. The van der Waals surface area contributed by atoms with E-state index in [-0.39, 0.29) is 10.9 Å². The second-order valence-electron chi connectivity index (χ2n) is 8.61. The average Bonchev–Trinajstić information content (AvgIpc) is 2.65. The number of anilines is 2. The summed E-state index contributed by atoms with van der Waals surface area (Å²) in [4.78, 5) is 25.4. The summed E-state index contributed by atoms with van der Waals surface area (Å²) in [6, 6.07) is 9.43. The van der Waals surface area contributed by atoms with Crippen molar-refractivity contribution >= 4 is 28.9 Å². The molecule has 1 aromatic carbocycles. The molecule has 6 rings (SSSR count). The van der Waals surface area contributed by atoms with E-state index < -0.39 is 23.0 Å². The van der Waals surface area contributed by atoms with E-state index in [0.717, 1.165) is 24.9 Å². The van der Waals surface area contributed by atoms with Crippen molar-refractivity contribution in [1.82, 2.24) is 9.78 Å². The van der Waals surface area contributed by atoms with Gasteiger partial charge in [0.05, 0.1) is 23.3 Å². The Labute approximate surface area is 167 Å². The predicted molar refractivity (Wildman–Crippen MR) is 106 cm³/mol. The van der Waals surface area contributed by atoms with E-state index in [0.29, 0.717) is 30.4 Å². The van der Waals surface area contributed by atoms with Crippen LogP contribution in [0.15, 0.2) is 41.3 Å². The molecular weight excluding hydrogens is 378 g/mol. The molecule has 4 fully saturated rings. The van der Waals surface area contributed by atoms with Gasteiger partial charge >= 0.3 is 5.97 Å². The number of hydrogen-bond acceptors (Lipinski definition) is 4. The summed E-state index contributed by atoms with van der Waals surface area (Å²) < 4.78 is 1.41. The molecule has 0 spiro atoms. The molecule has 0 amide bonds. The monoisotopic (exact) mass is 399 g/mol. The van der Waals surface area contributed by atoms with Crippen molar-refractivity contribution in [3.63, 3.8) is 0 Å². The Morgan fingerprint density at radius 2 is 1.86 bits per heavy atom. The van der Waals surface area contributed by atoms with Crippen LogP contribution in [-0.2, 0) is 10.3 Å². The summed E-state index contributed by atoms with van der Waals surface area (Å²) in [5.41, 5.74) is 0.0788. The Hall–Kier alpha value is -2.34. The third-order valence-electron chi connectivity index (χ3n) is 6.93. The van der Waals surface area contributed by atoms with Crippen molar-refractivity contribution in [2.24, 2.45) is 23.7 Å². The number of para-hydroxylation sites is 1. The predicted octanol–water partition coefficient (Wildman–Crippen LogP) is 3.88. The zero-order chi connectivity index (χ0) is 19.5. The quantitative estimate of drug-likeness (QED) is 0.815. The first kappa shape index (κ1) is 17.7. The molecule has 1 heterocycles. The van der Waals surface area contributed by atoms with Crippen LogP contribution in [0.3, 0.4) is 0 Å². The number of carbonyl (C=O) groups is 1. The lowest BCUT2D eigenvalue weighted by atomic mass is 9.48. The van der Waals surface area contributed by atoms with E-state index in [4.69, 9.17) is 11.6 Å². The second-order valence-corrected chi connectivity index (χ2v) is 8.99. The smallest absolute Gasteiger partial charge is 0.309 e. The standard InChI is InChI=1S/C21H22ClN3O3/c22-18-16(24-15-4-2-1-3-5-15)11-23-25(19(18)26)21-9-12-6-13(10-21)8-14(7-12)17(21)20(27)28/h1-5,11-14,17,24H,6-10H2,(H,27,28)/t12-,13+,14?,17-,21?/m0/s1. The molecule has 4 bridgehead atoms. The van der Waals surface area contributed by atoms with E-state index in [1.54, 1.807) is 6.20 Å². The Morgan fingerprint density at radius 1 is 1.18 bits per heavy atom. The zero-order valence-corrected chi connectivity index (χ0v) is 16.1. The number of rotatable bonds is 4. The minimum atomic E-state index is -0.819. The summed E-state index contributed by atoms with van der Waals surface area (Å²) in [6.07, 6.45) is 5.99. The molecule has 0 radical (unpaired) electrons. The van der Waals surface area contributed by atoms with Crippen LogP contribution < -0.4 is 10.9 Å². The number of hydrogen-bond donors (Lipinski definition) is 2. The zero-order valence-electron chi connectivity index (χ0n) is 15.3. The van der Waals surface area contributed by atoms with E-state index >= 15 is 0 Å². The fourth-order valence-electron chi connectivity index (χ4n) is 6.25. The first-order valence-electron chi connectivity index (χ1n) is 9.81. The van der Waals surface area contributed by atoms with Gasteiger partial charge in [-0.25, -0.2) is 4.68 Å². The van der Waals surface area contributed by atoms with Crippen LogP contribution >= 0.6 is 11.6 Å². The fourth-order valence-corrected chi connectivity index (χ4v) is 6.42. The van der Waals surface area contributed by atoms with Gasteiger partial charge in [0.1, 0.15) is 5.02 Å². The van der Waals surface area contributed by atoms with Gasteiger partial charge in [-0.2, -0.15) is 5.10 Å². The van der Waals surface area contributed by atoms with Gasteiger partial charge in [-0.15, -0.1) is 0 Å². The molecule has 5 atom stereocenters. The van der Waals surface area contributed by atoms with Crippen molar-refractivity contribution in [2.75, 3.05) is 5.32 Å². The topological polar surface area (TPSA) is 84.2 Å². The number of aromatic nitrogens is 2. The normalized spacial score (nSPS) is 33.0. The molecule has 4 saturated carbocycles. The van der Waals surface area contributed by atoms with Crippen molar-refractivity contribution in [3.05, 3.63) is 51.9 Å². The van der Waals surface area contributed by atoms with E-state index in [2.05, 4.69) is 10.4 Å². The van der Waals surface area contributed by atoms with Crippen molar-refractivity contribution in [1.29, 1.82) is 0 Å². The number of nitrogens with zero attached hydrogens (tertiary/aromatic N) is 2. The van der Waals surface area contributed by atoms with Gasteiger partial charge in [-0.05, 0) is 62.0 Å². The van der Waals surface area contributed by atoms with Gasteiger partial charge in [-0.3, -0.25) is 9.59 Å². The molecule has 0 aliphatic heterocycles. The summed E-state index contributed by atoms with van der Waals surface area (Å²) in [7, 11) is 0. The lowest BCUT2D eigenvalue weighted by Crippen LogP contribution is -2.63. The number of nitrogens with one attached hydrogen (secondary N) is 1. The van der Waals surface area contributed by atoms with Crippen LogP contribution in [-0.4, -0.2) is 20.9 Å². The third-order valence-corrected chi connectivity index (χ3v) is 7.30. The van der Waals surface area contributed by atoms with Gasteiger partial charge in [0, 0.05) is 5.69 Å². The van der Waals surface area contributed by atoms with Gasteiger partial charge in [-0.1, -0.05) is 29.8 Å². The number of benzene rings is 1. The largest absolute Gasteiger partial charge is 0.481 e. The maximum Gasteiger partial charge on any atom is 0.309 e. The Morgan fingerprint density at radius 3 is 2.50 bits per heavy atom. The SMILES string of the molecule is O=C(O)[C@@H]1C2C[C@@H]3C[C@H](C2)CC1(n1ncc(Nc2ccccc2)c(Cl)c1=O)C3. The molecule has 4 aliphatic carbocycles. The highest BCUT2D eigenvalue weighted by Gasteiger charge is 2.61. The highest BCUT2D eigenvalue weighted by molar-refractivity contribution is 6.33. The van der Waals surface area contributed by atoms with Crippen molar-refractivity contribution < 1.29 is 9.90 Å². The first-order chi connectivity index (χ1) is 13.5. The molecule has 146 valence electrons. The summed E-state index contributed by atoms with van der Waals surface area (Å²) in [5, 5.41) is 17.6.